The second-order valence-corrected chi connectivity index (χ2v) is 6.74. The van der Waals surface area contributed by atoms with E-state index < -0.39 is 10.0 Å². The van der Waals surface area contributed by atoms with Crippen molar-refractivity contribution in [3.05, 3.63) is 35.5 Å². The van der Waals surface area contributed by atoms with Crippen molar-refractivity contribution in [2.75, 3.05) is 16.6 Å². The van der Waals surface area contributed by atoms with Crippen molar-refractivity contribution in [1.29, 1.82) is 0 Å². The number of aromatic amines is 1. The van der Waals surface area contributed by atoms with E-state index in [1.54, 1.807) is 0 Å². The summed E-state index contributed by atoms with van der Waals surface area (Å²) in [5, 5.41) is 6.18. The van der Waals surface area contributed by atoms with Crippen LogP contribution in [0.15, 0.2) is 29.3 Å². The number of rotatable bonds is 2. The van der Waals surface area contributed by atoms with E-state index in [1.165, 1.54) is 10.5 Å². The van der Waals surface area contributed by atoms with Crippen molar-refractivity contribution in [2.45, 2.75) is 24.7 Å². The SMILES string of the molecule is Cc1cccc2c1N(S(=O)(=O)c1cn[nH]c1N)CCC2. The van der Waals surface area contributed by atoms with Crippen LogP contribution in [0.2, 0.25) is 0 Å². The molecular formula is C13H16N4O2S. The molecule has 1 aromatic heterocycles. The Balaban J connectivity index is 2.16. The average molecular weight is 292 g/mol. The van der Waals surface area contributed by atoms with Crippen LogP contribution in [0, 0.1) is 6.92 Å². The number of nitrogen functional groups attached to an aromatic ring is 1. The van der Waals surface area contributed by atoms with Crippen molar-refractivity contribution < 1.29 is 8.42 Å². The molecule has 0 radical (unpaired) electrons. The predicted octanol–water partition coefficient (Wildman–Crippen LogP) is 1.44. The summed E-state index contributed by atoms with van der Waals surface area (Å²) in [6.07, 6.45) is 2.95. The van der Waals surface area contributed by atoms with Gasteiger partial charge in [-0.1, -0.05) is 18.2 Å². The number of hydrogen-bond acceptors (Lipinski definition) is 4. The van der Waals surface area contributed by atoms with E-state index in [1.807, 2.05) is 25.1 Å². The lowest BCUT2D eigenvalue weighted by atomic mass is 10.0. The first kappa shape index (κ1) is 13.0. The molecule has 106 valence electrons. The molecule has 0 saturated heterocycles. The molecule has 0 saturated carbocycles. The highest BCUT2D eigenvalue weighted by Gasteiger charge is 2.32. The van der Waals surface area contributed by atoms with E-state index in [9.17, 15) is 8.42 Å². The highest BCUT2D eigenvalue weighted by molar-refractivity contribution is 7.93. The zero-order valence-corrected chi connectivity index (χ0v) is 11.9. The van der Waals surface area contributed by atoms with Crippen molar-refractivity contribution in [1.82, 2.24) is 10.2 Å². The topological polar surface area (TPSA) is 92.1 Å². The molecule has 3 N–H and O–H groups in total. The number of H-pyrrole nitrogens is 1. The number of nitrogens with two attached hydrogens (primary N) is 1. The van der Waals surface area contributed by atoms with E-state index in [0.717, 1.165) is 29.7 Å². The van der Waals surface area contributed by atoms with Gasteiger partial charge in [0.25, 0.3) is 10.0 Å². The van der Waals surface area contributed by atoms with Crippen LogP contribution in [0.5, 0.6) is 0 Å². The number of para-hydroxylation sites is 1. The Morgan fingerprint density at radius 2 is 2.20 bits per heavy atom. The van der Waals surface area contributed by atoms with Gasteiger partial charge in [-0.25, -0.2) is 8.42 Å². The normalized spacial score (nSPS) is 15.2. The maximum atomic E-state index is 12.8. The van der Waals surface area contributed by atoms with Gasteiger partial charge in [0.1, 0.15) is 10.7 Å². The highest BCUT2D eigenvalue weighted by atomic mass is 32.2. The van der Waals surface area contributed by atoms with Crippen LogP contribution in [0.4, 0.5) is 11.5 Å². The molecule has 6 nitrogen and oxygen atoms in total. The molecule has 0 unspecified atom stereocenters. The maximum Gasteiger partial charge on any atom is 0.269 e. The number of sulfonamides is 1. The van der Waals surface area contributed by atoms with Gasteiger partial charge in [-0.3, -0.25) is 9.40 Å². The third-order valence-electron chi connectivity index (χ3n) is 3.58. The molecule has 1 aliphatic heterocycles. The molecule has 0 atom stereocenters. The van der Waals surface area contributed by atoms with Gasteiger partial charge in [0.15, 0.2) is 0 Å². The zero-order valence-electron chi connectivity index (χ0n) is 11.1. The fourth-order valence-corrected chi connectivity index (χ4v) is 4.27. The predicted molar refractivity (Wildman–Crippen MR) is 77.0 cm³/mol. The molecule has 3 rings (SSSR count). The van der Waals surface area contributed by atoms with Crippen molar-refractivity contribution in [3.8, 4) is 0 Å². The monoisotopic (exact) mass is 292 g/mol. The van der Waals surface area contributed by atoms with Gasteiger partial charge in [0.05, 0.1) is 11.9 Å². The summed E-state index contributed by atoms with van der Waals surface area (Å²) >= 11 is 0. The lowest BCUT2D eigenvalue weighted by Crippen LogP contribution is -2.36. The van der Waals surface area contributed by atoms with Crippen molar-refractivity contribution >= 4 is 21.5 Å². The third-order valence-corrected chi connectivity index (χ3v) is 5.40. The summed E-state index contributed by atoms with van der Waals surface area (Å²) < 4.78 is 27.0. The van der Waals surface area contributed by atoms with Gasteiger partial charge in [0, 0.05) is 6.54 Å². The summed E-state index contributed by atoms with van der Waals surface area (Å²) in [4.78, 5) is 0.0357. The number of benzene rings is 1. The van der Waals surface area contributed by atoms with Crippen LogP contribution < -0.4 is 10.0 Å². The van der Waals surface area contributed by atoms with E-state index in [2.05, 4.69) is 10.2 Å². The standard InChI is InChI=1S/C13H16N4O2S/c1-9-4-2-5-10-6-3-7-17(12(9)10)20(18,19)11-8-15-16-13(11)14/h2,4-5,8H,3,6-7H2,1H3,(H3,14,15,16). The van der Waals surface area contributed by atoms with E-state index in [0.29, 0.717) is 6.54 Å². The molecule has 0 spiro atoms. The van der Waals surface area contributed by atoms with Gasteiger partial charge in [-0.15, -0.1) is 0 Å². The Morgan fingerprint density at radius 3 is 2.90 bits per heavy atom. The highest BCUT2D eigenvalue weighted by Crippen LogP contribution is 2.35. The number of fused-ring (bicyclic) bond motifs is 1. The summed E-state index contributed by atoms with van der Waals surface area (Å²) in [6.45, 7) is 2.39. The van der Waals surface area contributed by atoms with Crippen LogP contribution in [0.1, 0.15) is 17.5 Å². The number of nitrogens with one attached hydrogen (secondary N) is 1. The number of hydrogen-bond donors (Lipinski definition) is 2. The third kappa shape index (κ3) is 1.85. The Morgan fingerprint density at radius 1 is 1.40 bits per heavy atom. The largest absolute Gasteiger partial charge is 0.383 e. The van der Waals surface area contributed by atoms with Crippen LogP contribution in [0.25, 0.3) is 0 Å². The first-order valence-corrected chi connectivity index (χ1v) is 7.86. The minimum Gasteiger partial charge on any atom is -0.383 e. The molecule has 7 heteroatoms. The van der Waals surface area contributed by atoms with Crippen LogP contribution in [0.3, 0.4) is 0 Å². The van der Waals surface area contributed by atoms with E-state index in [4.69, 9.17) is 5.73 Å². The Bertz CT molecular complexity index is 751. The molecule has 1 aliphatic rings. The molecule has 2 aromatic rings. The van der Waals surface area contributed by atoms with Gasteiger partial charge in [0.2, 0.25) is 0 Å². The number of nitrogens with zero attached hydrogens (tertiary/aromatic N) is 2. The second kappa shape index (κ2) is 4.52. The fraction of sp³-hybridized carbons (Fsp3) is 0.308. The van der Waals surface area contributed by atoms with Gasteiger partial charge in [-0.05, 0) is 30.9 Å². The minimum atomic E-state index is -3.67. The quantitative estimate of drug-likeness (QED) is 0.876. The number of aryl methyl sites for hydroxylation is 2. The summed E-state index contributed by atoms with van der Waals surface area (Å²) in [5.41, 5.74) is 8.45. The molecule has 0 bridgehead atoms. The second-order valence-electron chi connectivity index (χ2n) is 4.91. The summed E-state index contributed by atoms with van der Waals surface area (Å²) in [7, 11) is -3.67. The Labute approximate surface area is 117 Å². The molecular weight excluding hydrogens is 276 g/mol. The molecule has 2 heterocycles. The van der Waals surface area contributed by atoms with Crippen LogP contribution >= 0.6 is 0 Å². The number of anilines is 2. The van der Waals surface area contributed by atoms with Gasteiger partial charge in [-0.2, -0.15) is 5.10 Å². The van der Waals surface area contributed by atoms with Crippen molar-refractivity contribution in [2.24, 2.45) is 0 Å². The van der Waals surface area contributed by atoms with Crippen molar-refractivity contribution in [3.63, 3.8) is 0 Å². The molecule has 20 heavy (non-hydrogen) atoms. The van der Waals surface area contributed by atoms with E-state index in [-0.39, 0.29) is 10.7 Å². The minimum absolute atomic E-state index is 0.0357. The number of aromatic nitrogens is 2. The first-order valence-electron chi connectivity index (χ1n) is 6.42. The smallest absolute Gasteiger partial charge is 0.269 e. The average Bonchev–Trinajstić information content (AvgIpc) is 2.85. The maximum absolute atomic E-state index is 12.8. The fourth-order valence-electron chi connectivity index (χ4n) is 2.65. The Kier molecular flexibility index (Phi) is 2.93. The molecule has 0 fully saturated rings. The first-order chi connectivity index (χ1) is 9.51. The Hall–Kier alpha value is -2.02. The zero-order chi connectivity index (χ0) is 14.3. The van der Waals surface area contributed by atoms with Crippen LogP contribution in [-0.4, -0.2) is 25.2 Å². The van der Waals surface area contributed by atoms with E-state index >= 15 is 0 Å². The summed E-state index contributed by atoms with van der Waals surface area (Å²) in [6, 6.07) is 5.85. The molecule has 0 amide bonds. The lowest BCUT2D eigenvalue weighted by Gasteiger charge is -2.31. The van der Waals surface area contributed by atoms with Gasteiger partial charge >= 0.3 is 0 Å². The molecule has 1 aromatic carbocycles. The summed E-state index contributed by atoms with van der Waals surface area (Å²) in [5.74, 6) is 0.0747. The molecule has 0 aliphatic carbocycles. The van der Waals surface area contributed by atoms with Gasteiger partial charge < -0.3 is 5.73 Å². The lowest BCUT2D eigenvalue weighted by molar-refractivity contribution is 0.587. The van der Waals surface area contributed by atoms with Crippen LogP contribution in [-0.2, 0) is 16.4 Å².